The Morgan fingerprint density at radius 2 is 1.16 bits per heavy atom. The predicted molar refractivity (Wildman–Crippen MR) is 86.6 cm³/mol. The first-order valence-electron chi connectivity index (χ1n) is 8.00. The maximum Gasteiger partial charge on any atom is 0.0476 e. The van der Waals surface area contributed by atoms with E-state index in [9.17, 15) is 0 Å². The Labute approximate surface area is 121 Å². The summed E-state index contributed by atoms with van der Waals surface area (Å²) in [5.74, 6) is 1.32. The fraction of sp³-hybridized carbons (Fsp3) is 1.00. The maximum absolute atomic E-state index is 3.68. The van der Waals surface area contributed by atoms with Crippen molar-refractivity contribution in [2.45, 2.75) is 90.9 Å². The first kappa shape index (κ1) is 15.7. The van der Waals surface area contributed by atoms with Crippen LogP contribution in [0.3, 0.4) is 0 Å². The quantitative estimate of drug-likeness (QED) is 0.685. The third kappa shape index (κ3) is 3.52. The van der Waals surface area contributed by atoms with Gasteiger partial charge in [-0.25, -0.2) is 10.9 Å². The summed E-state index contributed by atoms with van der Waals surface area (Å²) in [6.07, 6.45) is 7.30. The molecule has 0 radical (unpaired) electrons. The lowest BCUT2D eigenvalue weighted by molar-refractivity contribution is 0.299. The largest absolute Gasteiger partial charge is 0.249 e. The Morgan fingerprint density at radius 1 is 0.737 bits per heavy atom. The van der Waals surface area contributed by atoms with Crippen LogP contribution in [-0.2, 0) is 0 Å². The van der Waals surface area contributed by atoms with Gasteiger partial charge in [-0.2, -0.15) is 0 Å². The molecule has 1 saturated carbocycles. The van der Waals surface area contributed by atoms with Crippen LogP contribution in [0.1, 0.15) is 73.6 Å². The van der Waals surface area contributed by atoms with Gasteiger partial charge in [0.1, 0.15) is 0 Å². The lowest BCUT2D eigenvalue weighted by atomic mass is 9.96. The highest BCUT2D eigenvalue weighted by Crippen LogP contribution is 2.63. The summed E-state index contributed by atoms with van der Waals surface area (Å²) in [5, 5.41) is 0. The Hall–Kier alpha value is 0.350. The fourth-order valence-electron chi connectivity index (χ4n) is 3.58. The number of hydrazine groups is 1. The van der Waals surface area contributed by atoms with E-state index in [-0.39, 0.29) is 7.92 Å². The zero-order valence-corrected chi connectivity index (χ0v) is 14.6. The molecule has 1 aliphatic carbocycles. The van der Waals surface area contributed by atoms with E-state index in [0.29, 0.717) is 22.4 Å². The minimum atomic E-state index is 0.0115. The van der Waals surface area contributed by atoms with Crippen molar-refractivity contribution in [3.8, 4) is 0 Å². The smallest absolute Gasteiger partial charge is 0.0476 e. The number of hydrogen-bond donors (Lipinski definition) is 2. The molecule has 0 spiro atoms. The summed E-state index contributed by atoms with van der Waals surface area (Å²) in [4.78, 5) is 0. The summed E-state index contributed by atoms with van der Waals surface area (Å²) in [7, 11) is 0.0115. The van der Waals surface area contributed by atoms with Crippen molar-refractivity contribution < 1.29 is 0 Å². The third-order valence-corrected chi connectivity index (χ3v) is 8.95. The molecule has 0 aromatic heterocycles. The third-order valence-electron chi connectivity index (χ3n) is 4.59. The first-order chi connectivity index (χ1) is 8.71. The van der Waals surface area contributed by atoms with Crippen molar-refractivity contribution in [3.05, 3.63) is 0 Å². The molecule has 0 aromatic rings. The molecule has 0 bridgehead atoms. The van der Waals surface area contributed by atoms with E-state index < -0.39 is 0 Å². The summed E-state index contributed by atoms with van der Waals surface area (Å²) in [6.45, 7) is 14.4. The predicted octanol–water partition coefficient (Wildman–Crippen LogP) is 4.65. The molecular weight excluding hydrogens is 251 g/mol. The average Bonchev–Trinajstić information content (AvgIpc) is 2.73. The van der Waals surface area contributed by atoms with E-state index in [1.54, 1.807) is 0 Å². The Morgan fingerprint density at radius 3 is 1.53 bits per heavy atom. The van der Waals surface area contributed by atoms with Gasteiger partial charge in [0.25, 0.3) is 0 Å². The van der Waals surface area contributed by atoms with Gasteiger partial charge >= 0.3 is 0 Å². The molecule has 2 atom stereocenters. The van der Waals surface area contributed by atoms with Crippen molar-refractivity contribution >= 4 is 7.92 Å². The number of rotatable bonds is 1. The summed E-state index contributed by atoms with van der Waals surface area (Å²) < 4.78 is 0. The maximum atomic E-state index is 3.68. The van der Waals surface area contributed by atoms with Gasteiger partial charge in [0.05, 0.1) is 0 Å². The molecule has 1 heterocycles. The molecule has 0 amide bonds. The minimum absolute atomic E-state index is 0.0115. The lowest BCUT2D eigenvalue weighted by Crippen LogP contribution is -2.42. The number of nitrogens with one attached hydrogen (secondary N) is 2. The van der Waals surface area contributed by atoms with E-state index in [0.717, 1.165) is 5.66 Å². The monoisotopic (exact) mass is 284 g/mol. The second-order valence-electron chi connectivity index (χ2n) is 8.56. The molecule has 0 aromatic carbocycles. The first-order valence-corrected chi connectivity index (χ1v) is 9.54. The molecule has 112 valence electrons. The second-order valence-corrected chi connectivity index (χ2v) is 11.2. The van der Waals surface area contributed by atoms with Crippen LogP contribution in [0.15, 0.2) is 0 Å². The SMILES string of the molecule is CC(C)(C)[C@H]1NN[C@H](C(C)(C)C)P1C1CCCCC1. The molecule has 2 nitrogen and oxygen atoms in total. The second kappa shape index (κ2) is 5.62. The molecule has 2 rings (SSSR count). The van der Waals surface area contributed by atoms with E-state index >= 15 is 0 Å². The molecular formula is C16H33N2P. The Balaban J connectivity index is 2.22. The molecule has 2 fully saturated rings. The highest BCUT2D eigenvalue weighted by atomic mass is 31.1. The van der Waals surface area contributed by atoms with E-state index in [2.05, 4.69) is 52.4 Å². The molecule has 19 heavy (non-hydrogen) atoms. The summed E-state index contributed by atoms with van der Waals surface area (Å²) in [5.41, 5.74) is 9.05. The Bertz CT molecular complexity index is 275. The summed E-state index contributed by atoms with van der Waals surface area (Å²) in [6, 6.07) is 0. The van der Waals surface area contributed by atoms with Crippen LogP contribution in [0.2, 0.25) is 0 Å². The van der Waals surface area contributed by atoms with Crippen LogP contribution in [0.4, 0.5) is 0 Å². The molecule has 2 aliphatic rings. The van der Waals surface area contributed by atoms with Crippen molar-refractivity contribution in [2.75, 3.05) is 0 Å². The molecule has 0 unspecified atom stereocenters. The van der Waals surface area contributed by atoms with Gasteiger partial charge in [-0.3, -0.25) is 0 Å². The van der Waals surface area contributed by atoms with E-state index in [1.165, 1.54) is 32.1 Å². The normalized spacial score (nSPS) is 31.9. The zero-order chi connectivity index (χ0) is 14.3. The molecule has 1 saturated heterocycles. The van der Waals surface area contributed by atoms with Crippen LogP contribution in [0, 0.1) is 10.8 Å². The van der Waals surface area contributed by atoms with Crippen LogP contribution in [0.5, 0.6) is 0 Å². The number of hydrogen-bond acceptors (Lipinski definition) is 2. The van der Waals surface area contributed by atoms with Crippen LogP contribution in [-0.4, -0.2) is 17.2 Å². The topological polar surface area (TPSA) is 24.1 Å². The average molecular weight is 284 g/mol. The van der Waals surface area contributed by atoms with Crippen molar-refractivity contribution in [1.29, 1.82) is 0 Å². The lowest BCUT2D eigenvalue weighted by Gasteiger charge is -2.42. The van der Waals surface area contributed by atoms with Crippen LogP contribution >= 0.6 is 7.92 Å². The highest BCUT2D eigenvalue weighted by molar-refractivity contribution is 7.60. The van der Waals surface area contributed by atoms with Crippen molar-refractivity contribution in [2.24, 2.45) is 10.8 Å². The van der Waals surface area contributed by atoms with Crippen molar-refractivity contribution in [1.82, 2.24) is 10.9 Å². The molecule has 2 N–H and O–H groups in total. The standard InChI is InChI=1S/C16H33N2P/c1-15(2,3)13-17-18-14(16(4,5)6)19(13)12-10-8-7-9-11-12/h12-14,17-18H,7-11H2,1-6H3/t13-,14-/m0/s1. The zero-order valence-electron chi connectivity index (χ0n) is 13.7. The van der Waals surface area contributed by atoms with Gasteiger partial charge in [-0.1, -0.05) is 68.7 Å². The van der Waals surface area contributed by atoms with E-state index in [1.807, 2.05) is 0 Å². The van der Waals surface area contributed by atoms with Gasteiger partial charge in [0.15, 0.2) is 0 Å². The van der Waals surface area contributed by atoms with Gasteiger partial charge in [-0.15, -0.1) is 0 Å². The highest BCUT2D eigenvalue weighted by Gasteiger charge is 2.48. The van der Waals surface area contributed by atoms with Gasteiger partial charge in [-0.05, 0) is 29.3 Å². The van der Waals surface area contributed by atoms with Gasteiger partial charge in [0, 0.05) is 11.6 Å². The van der Waals surface area contributed by atoms with Crippen molar-refractivity contribution in [3.63, 3.8) is 0 Å². The Kier molecular flexibility index (Phi) is 4.65. The van der Waals surface area contributed by atoms with Crippen LogP contribution in [0.25, 0.3) is 0 Å². The van der Waals surface area contributed by atoms with Gasteiger partial charge in [0.2, 0.25) is 0 Å². The van der Waals surface area contributed by atoms with Gasteiger partial charge < -0.3 is 0 Å². The summed E-state index contributed by atoms with van der Waals surface area (Å²) >= 11 is 0. The van der Waals surface area contributed by atoms with Crippen LogP contribution < -0.4 is 10.9 Å². The molecule has 1 aliphatic heterocycles. The minimum Gasteiger partial charge on any atom is -0.249 e. The molecule has 3 heteroatoms. The fourth-order valence-corrected chi connectivity index (χ4v) is 7.92. The van der Waals surface area contributed by atoms with E-state index in [4.69, 9.17) is 0 Å².